The van der Waals surface area contributed by atoms with Gasteiger partial charge in [0.1, 0.15) is 17.3 Å². The molecule has 0 radical (unpaired) electrons. The van der Waals surface area contributed by atoms with Gasteiger partial charge in [-0.2, -0.15) is 0 Å². The molecule has 4 heterocycles. The predicted molar refractivity (Wildman–Crippen MR) is 87.6 cm³/mol. The first kappa shape index (κ1) is 15.4. The summed E-state index contributed by atoms with van der Waals surface area (Å²) >= 11 is 0. The molecule has 0 aliphatic carbocycles. The number of furan rings is 1. The van der Waals surface area contributed by atoms with Crippen LogP contribution in [-0.2, 0) is 13.0 Å². The number of rotatable bonds is 2. The monoisotopic (exact) mass is 329 g/mol. The van der Waals surface area contributed by atoms with Crippen LogP contribution in [0.2, 0.25) is 0 Å². The molecule has 7 heteroatoms. The van der Waals surface area contributed by atoms with E-state index < -0.39 is 0 Å². The lowest BCUT2D eigenvalue weighted by Crippen LogP contribution is -2.34. The van der Waals surface area contributed by atoms with Gasteiger partial charge in [0.15, 0.2) is 0 Å². The van der Waals surface area contributed by atoms with Gasteiger partial charge < -0.3 is 19.6 Å². The van der Waals surface area contributed by atoms with Gasteiger partial charge in [-0.15, -0.1) is 10.2 Å². The molecule has 4 rings (SSSR count). The largest absolute Gasteiger partial charge is 0.466 e. The number of hydrogen-bond acceptors (Lipinski definition) is 5. The summed E-state index contributed by atoms with van der Waals surface area (Å²) in [5.74, 6) is 3.07. The van der Waals surface area contributed by atoms with Crippen molar-refractivity contribution in [3.63, 3.8) is 0 Å². The molecule has 1 amide bonds. The summed E-state index contributed by atoms with van der Waals surface area (Å²) < 4.78 is 7.70. The molecule has 2 atom stereocenters. The molecule has 1 saturated heterocycles. The van der Waals surface area contributed by atoms with E-state index in [1.165, 1.54) is 6.42 Å². The highest BCUT2D eigenvalue weighted by atomic mass is 16.3. The fourth-order valence-corrected chi connectivity index (χ4v) is 3.73. The zero-order chi connectivity index (χ0) is 16.7. The van der Waals surface area contributed by atoms with Crippen molar-refractivity contribution in [3.05, 3.63) is 35.3 Å². The Hall–Kier alpha value is -2.15. The Morgan fingerprint density at radius 2 is 2.12 bits per heavy atom. The van der Waals surface area contributed by atoms with E-state index in [0.717, 1.165) is 43.2 Å². The number of fused-ring (bicyclic) bond motifs is 1. The number of nitrogens with zero attached hydrogens (tertiary/aromatic N) is 4. The summed E-state index contributed by atoms with van der Waals surface area (Å²) in [6.45, 7) is 3.82. The standard InChI is InChI=1S/C17H23N5O2/c1-11-6-7-14(24-11)12-9-21(10-13(12)18)17(23)16-20-19-15-5-3-2-4-8-22(15)16/h6-7,12-13H,2-5,8-10,18H2,1H3/t12-,13-/m0/s1. The molecule has 2 aromatic rings. The average Bonchev–Trinajstić information content (AvgIpc) is 3.22. The molecule has 7 nitrogen and oxygen atoms in total. The number of nitrogens with two attached hydrogens (primary N) is 1. The molecule has 2 N–H and O–H groups in total. The van der Waals surface area contributed by atoms with Crippen LogP contribution in [0.15, 0.2) is 16.5 Å². The molecule has 128 valence electrons. The van der Waals surface area contributed by atoms with E-state index in [0.29, 0.717) is 18.9 Å². The van der Waals surface area contributed by atoms with Crippen LogP contribution in [0.3, 0.4) is 0 Å². The highest BCUT2D eigenvalue weighted by Crippen LogP contribution is 2.29. The Morgan fingerprint density at radius 1 is 1.25 bits per heavy atom. The van der Waals surface area contributed by atoms with Gasteiger partial charge in [0.25, 0.3) is 5.91 Å². The van der Waals surface area contributed by atoms with Crippen molar-refractivity contribution in [1.82, 2.24) is 19.7 Å². The molecule has 2 aliphatic rings. The minimum absolute atomic E-state index is 0.0363. The van der Waals surface area contributed by atoms with Crippen molar-refractivity contribution < 1.29 is 9.21 Å². The summed E-state index contributed by atoms with van der Waals surface area (Å²) in [5.41, 5.74) is 6.27. The third-order valence-electron chi connectivity index (χ3n) is 5.08. The average molecular weight is 329 g/mol. The first-order valence-electron chi connectivity index (χ1n) is 8.67. The van der Waals surface area contributed by atoms with E-state index in [-0.39, 0.29) is 17.9 Å². The zero-order valence-corrected chi connectivity index (χ0v) is 13.9. The number of hydrogen-bond donors (Lipinski definition) is 1. The van der Waals surface area contributed by atoms with Crippen molar-refractivity contribution in [2.45, 2.75) is 51.1 Å². The maximum Gasteiger partial charge on any atom is 0.291 e. The van der Waals surface area contributed by atoms with Crippen molar-refractivity contribution in [1.29, 1.82) is 0 Å². The van der Waals surface area contributed by atoms with E-state index in [1.807, 2.05) is 23.6 Å². The fraction of sp³-hybridized carbons (Fsp3) is 0.588. The molecule has 24 heavy (non-hydrogen) atoms. The van der Waals surface area contributed by atoms with E-state index in [9.17, 15) is 4.79 Å². The molecular formula is C17H23N5O2. The van der Waals surface area contributed by atoms with Crippen molar-refractivity contribution in [2.75, 3.05) is 13.1 Å². The van der Waals surface area contributed by atoms with Crippen LogP contribution >= 0.6 is 0 Å². The van der Waals surface area contributed by atoms with Crippen LogP contribution in [0, 0.1) is 6.92 Å². The molecule has 0 aromatic carbocycles. The maximum atomic E-state index is 12.9. The van der Waals surface area contributed by atoms with Crippen LogP contribution in [0.4, 0.5) is 0 Å². The first-order chi connectivity index (χ1) is 11.6. The molecule has 2 aliphatic heterocycles. The van der Waals surface area contributed by atoms with Crippen molar-refractivity contribution in [2.24, 2.45) is 5.73 Å². The zero-order valence-electron chi connectivity index (χ0n) is 13.9. The van der Waals surface area contributed by atoms with Crippen molar-refractivity contribution >= 4 is 5.91 Å². The fourth-order valence-electron chi connectivity index (χ4n) is 3.73. The lowest BCUT2D eigenvalue weighted by molar-refractivity contribution is 0.0770. The Bertz CT molecular complexity index is 750. The quantitative estimate of drug-likeness (QED) is 0.901. The van der Waals surface area contributed by atoms with E-state index in [4.69, 9.17) is 10.2 Å². The minimum atomic E-state index is -0.119. The lowest BCUT2D eigenvalue weighted by atomic mass is 10.0. The van der Waals surface area contributed by atoms with Gasteiger partial charge in [0.05, 0.1) is 5.92 Å². The maximum absolute atomic E-state index is 12.9. The molecular weight excluding hydrogens is 306 g/mol. The van der Waals surface area contributed by atoms with Gasteiger partial charge >= 0.3 is 0 Å². The van der Waals surface area contributed by atoms with Gasteiger partial charge in [-0.05, 0) is 31.9 Å². The number of likely N-dealkylation sites (tertiary alicyclic amines) is 1. The molecule has 1 fully saturated rings. The Kier molecular flexibility index (Phi) is 3.88. The highest BCUT2D eigenvalue weighted by Gasteiger charge is 2.37. The summed E-state index contributed by atoms with van der Waals surface area (Å²) in [4.78, 5) is 14.7. The van der Waals surface area contributed by atoms with Gasteiger partial charge in [-0.1, -0.05) is 6.42 Å². The number of carbonyl (C=O) groups is 1. The van der Waals surface area contributed by atoms with Crippen LogP contribution in [0.1, 0.15) is 53.1 Å². The number of carbonyl (C=O) groups excluding carboxylic acids is 1. The second kappa shape index (κ2) is 6.05. The normalized spacial score (nSPS) is 24.0. The molecule has 0 unspecified atom stereocenters. The topological polar surface area (TPSA) is 90.2 Å². The van der Waals surface area contributed by atoms with E-state index >= 15 is 0 Å². The highest BCUT2D eigenvalue weighted by molar-refractivity contribution is 5.91. The SMILES string of the molecule is Cc1ccc([C@H]2CN(C(=O)c3nnc4n3CCCCC4)C[C@@H]2N)o1. The van der Waals surface area contributed by atoms with Crippen LogP contribution < -0.4 is 5.73 Å². The minimum Gasteiger partial charge on any atom is -0.466 e. The summed E-state index contributed by atoms with van der Waals surface area (Å²) in [7, 11) is 0. The van der Waals surface area contributed by atoms with Gasteiger partial charge in [-0.25, -0.2) is 0 Å². The second-order valence-corrected chi connectivity index (χ2v) is 6.83. The molecule has 0 bridgehead atoms. The smallest absolute Gasteiger partial charge is 0.291 e. The van der Waals surface area contributed by atoms with Gasteiger partial charge in [0, 0.05) is 32.1 Å². The van der Waals surface area contributed by atoms with Crippen LogP contribution in [0.5, 0.6) is 0 Å². The Morgan fingerprint density at radius 3 is 2.92 bits per heavy atom. The van der Waals surface area contributed by atoms with Gasteiger partial charge in [0.2, 0.25) is 5.82 Å². The number of aromatic nitrogens is 3. The Labute approximate surface area is 140 Å². The van der Waals surface area contributed by atoms with Crippen LogP contribution in [-0.4, -0.2) is 44.7 Å². The Balaban J connectivity index is 1.54. The second-order valence-electron chi connectivity index (χ2n) is 6.83. The lowest BCUT2D eigenvalue weighted by Gasteiger charge is -2.16. The summed E-state index contributed by atoms with van der Waals surface area (Å²) in [6, 6.07) is 3.77. The van der Waals surface area contributed by atoms with E-state index in [1.54, 1.807) is 4.90 Å². The van der Waals surface area contributed by atoms with Crippen LogP contribution in [0.25, 0.3) is 0 Å². The summed E-state index contributed by atoms with van der Waals surface area (Å²) in [6.07, 6.45) is 4.25. The molecule has 0 saturated carbocycles. The van der Waals surface area contributed by atoms with Gasteiger partial charge in [-0.3, -0.25) is 4.79 Å². The third kappa shape index (κ3) is 2.62. The summed E-state index contributed by atoms with van der Waals surface area (Å²) in [5, 5.41) is 8.39. The predicted octanol–water partition coefficient (Wildman–Crippen LogP) is 1.47. The van der Waals surface area contributed by atoms with Crippen molar-refractivity contribution in [3.8, 4) is 0 Å². The third-order valence-corrected chi connectivity index (χ3v) is 5.08. The number of aryl methyl sites for hydroxylation is 2. The first-order valence-corrected chi connectivity index (χ1v) is 8.67. The molecule has 2 aromatic heterocycles. The van der Waals surface area contributed by atoms with E-state index in [2.05, 4.69) is 10.2 Å². The molecule has 0 spiro atoms. The number of amides is 1.